The van der Waals surface area contributed by atoms with Crippen LogP contribution in [0.4, 0.5) is 5.82 Å². The van der Waals surface area contributed by atoms with Gasteiger partial charge in [0.2, 0.25) is 0 Å². The third-order valence-corrected chi connectivity index (χ3v) is 3.59. The molecule has 1 unspecified atom stereocenters. The smallest absolute Gasteiger partial charge is 0.132 e. The van der Waals surface area contributed by atoms with E-state index in [1.165, 1.54) is 0 Å². The van der Waals surface area contributed by atoms with Crippen molar-refractivity contribution in [3.05, 3.63) is 18.1 Å². The first kappa shape index (κ1) is 12.3. The molecule has 1 aliphatic heterocycles. The first-order valence-electron chi connectivity index (χ1n) is 6.51. The summed E-state index contributed by atoms with van der Waals surface area (Å²) in [5.41, 5.74) is 1.16. The summed E-state index contributed by atoms with van der Waals surface area (Å²) in [6.07, 6.45) is 2.82. The van der Waals surface area contributed by atoms with Crippen LogP contribution in [0.5, 0.6) is 0 Å². The largest absolute Gasteiger partial charge is 0.351 e. The quantitative estimate of drug-likeness (QED) is 0.865. The number of nitrogens with zero attached hydrogens (tertiary/aromatic N) is 3. The summed E-state index contributed by atoms with van der Waals surface area (Å²) in [5.74, 6) is 1.58. The molecule has 0 amide bonds. The maximum absolute atomic E-state index is 4.42. The number of anilines is 1. The van der Waals surface area contributed by atoms with Gasteiger partial charge in [0.05, 0.1) is 0 Å². The number of nitrogens with one attached hydrogen (secondary N) is 1. The molecule has 0 aromatic carbocycles. The second kappa shape index (κ2) is 5.45. The number of piperazine rings is 1. The average Bonchev–Trinajstić information content (AvgIpc) is 2.38. The van der Waals surface area contributed by atoms with Gasteiger partial charge in [-0.15, -0.1) is 0 Å². The summed E-state index contributed by atoms with van der Waals surface area (Å²) >= 11 is 0. The molecule has 0 aliphatic carbocycles. The number of rotatable bonds is 3. The highest BCUT2D eigenvalue weighted by Gasteiger charge is 2.20. The van der Waals surface area contributed by atoms with Crippen LogP contribution in [-0.2, 0) is 0 Å². The minimum atomic E-state index is 0.503. The van der Waals surface area contributed by atoms with Crippen molar-refractivity contribution in [2.75, 3.05) is 24.5 Å². The molecule has 1 saturated heterocycles. The van der Waals surface area contributed by atoms with Gasteiger partial charge in [-0.2, -0.15) is 0 Å². The first-order chi connectivity index (χ1) is 8.22. The van der Waals surface area contributed by atoms with Crippen molar-refractivity contribution in [2.24, 2.45) is 0 Å². The molecular weight excluding hydrogens is 212 g/mol. The number of aromatic nitrogens is 2. The summed E-state index contributed by atoms with van der Waals surface area (Å²) in [7, 11) is 0. The van der Waals surface area contributed by atoms with Gasteiger partial charge in [-0.1, -0.05) is 13.8 Å². The Hall–Kier alpha value is -1.16. The molecule has 2 rings (SSSR count). The molecule has 1 aliphatic rings. The van der Waals surface area contributed by atoms with E-state index in [1.54, 1.807) is 6.33 Å². The molecular formula is C13H22N4. The van der Waals surface area contributed by atoms with Crippen molar-refractivity contribution in [1.29, 1.82) is 0 Å². The Kier molecular flexibility index (Phi) is 3.94. The van der Waals surface area contributed by atoms with Crippen molar-refractivity contribution in [2.45, 2.75) is 39.2 Å². The fourth-order valence-electron chi connectivity index (χ4n) is 2.18. The van der Waals surface area contributed by atoms with Crippen LogP contribution >= 0.6 is 0 Å². The molecule has 17 heavy (non-hydrogen) atoms. The van der Waals surface area contributed by atoms with Crippen molar-refractivity contribution in [3.8, 4) is 0 Å². The van der Waals surface area contributed by atoms with Gasteiger partial charge in [-0.05, 0) is 19.3 Å². The maximum atomic E-state index is 4.42. The van der Waals surface area contributed by atoms with E-state index in [4.69, 9.17) is 0 Å². The van der Waals surface area contributed by atoms with Crippen LogP contribution in [-0.4, -0.2) is 35.6 Å². The lowest BCUT2D eigenvalue weighted by Crippen LogP contribution is -2.50. The van der Waals surface area contributed by atoms with Crippen LogP contribution in [0.15, 0.2) is 12.4 Å². The zero-order valence-electron chi connectivity index (χ0n) is 11.0. The van der Waals surface area contributed by atoms with Crippen LogP contribution in [0, 0.1) is 0 Å². The van der Waals surface area contributed by atoms with E-state index in [9.17, 15) is 0 Å². The maximum Gasteiger partial charge on any atom is 0.132 e. The Morgan fingerprint density at radius 2 is 2.35 bits per heavy atom. The topological polar surface area (TPSA) is 41.0 Å². The van der Waals surface area contributed by atoms with Crippen LogP contribution < -0.4 is 10.2 Å². The fourth-order valence-corrected chi connectivity index (χ4v) is 2.18. The second-order valence-electron chi connectivity index (χ2n) is 4.86. The molecule has 1 aromatic rings. The van der Waals surface area contributed by atoms with Crippen molar-refractivity contribution >= 4 is 5.82 Å². The lowest BCUT2D eigenvalue weighted by molar-refractivity contribution is 0.496. The van der Waals surface area contributed by atoms with Crippen molar-refractivity contribution < 1.29 is 0 Å². The standard InChI is InChI=1S/C13H22N4/c1-4-10(2)12-7-13(16-9-15-12)17-6-5-14-8-11(17)3/h7,9-11,14H,4-6,8H2,1-3H3/t10?,11-/m1/s1. The molecule has 0 saturated carbocycles. The van der Waals surface area contributed by atoms with Crippen LogP contribution in [0.3, 0.4) is 0 Å². The highest BCUT2D eigenvalue weighted by Crippen LogP contribution is 2.21. The Morgan fingerprint density at radius 3 is 3.06 bits per heavy atom. The summed E-state index contributed by atoms with van der Waals surface area (Å²) in [6.45, 7) is 9.73. The Balaban J connectivity index is 2.20. The van der Waals surface area contributed by atoms with E-state index in [2.05, 4.69) is 47.0 Å². The van der Waals surface area contributed by atoms with Crippen molar-refractivity contribution in [3.63, 3.8) is 0 Å². The molecule has 94 valence electrons. The molecule has 4 nitrogen and oxygen atoms in total. The highest BCUT2D eigenvalue weighted by atomic mass is 15.3. The summed E-state index contributed by atoms with van der Waals surface area (Å²) in [4.78, 5) is 11.2. The lowest BCUT2D eigenvalue weighted by atomic mass is 10.0. The SMILES string of the molecule is CCC(C)c1cc(N2CCNC[C@H]2C)ncn1. The molecule has 1 N–H and O–H groups in total. The summed E-state index contributed by atoms with van der Waals surface area (Å²) in [5, 5.41) is 3.40. The molecule has 0 bridgehead atoms. The van der Waals surface area contributed by atoms with E-state index >= 15 is 0 Å². The molecule has 4 heteroatoms. The molecule has 1 fully saturated rings. The van der Waals surface area contributed by atoms with Gasteiger partial charge in [-0.25, -0.2) is 9.97 Å². The van der Waals surface area contributed by atoms with E-state index in [-0.39, 0.29) is 0 Å². The Labute approximate surface area is 103 Å². The van der Waals surface area contributed by atoms with E-state index in [0.717, 1.165) is 37.6 Å². The van der Waals surface area contributed by atoms with Crippen molar-refractivity contribution in [1.82, 2.24) is 15.3 Å². The van der Waals surface area contributed by atoms with Gasteiger partial charge in [-0.3, -0.25) is 0 Å². The van der Waals surface area contributed by atoms with Crippen LogP contribution in [0.25, 0.3) is 0 Å². The first-order valence-corrected chi connectivity index (χ1v) is 6.51. The van der Waals surface area contributed by atoms with Crippen LogP contribution in [0.2, 0.25) is 0 Å². The Morgan fingerprint density at radius 1 is 1.53 bits per heavy atom. The van der Waals surface area contributed by atoms with Crippen LogP contribution in [0.1, 0.15) is 38.8 Å². The number of hydrogen-bond donors (Lipinski definition) is 1. The molecule has 2 atom stereocenters. The summed E-state index contributed by atoms with van der Waals surface area (Å²) < 4.78 is 0. The predicted molar refractivity (Wildman–Crippen MR) is 70.4 cm³/mol. The zero-order chi connectivity index (χ0) is 12.3. The van der Waals surface area contributed by atoms with Gasteiger partial charge in [0.25, 0.3) is 0 Å². The lowest BCUT2D eigenvalue weighted by Gasteiger charge is -2.35. The molecule has 0 radical (unpaired) electrons. The average molecular weight is 234 g/mol. The van der Waals surface area contributed by atoms with Gasteiger partial charge in [0.1, 0.15) is 12.1 Å². The van der Waals surface area contributed by atoms with Gasteiger partial charge in [0, 0.05) is 37.4 Å². The normalized spacial score (nSPS) is 22.5. The highest BCUT2D eigenvalue weighted by molar-refractivity contribution is 5.41. The molecule has 2 heterocycles. The third kappa shape index (κ3) is 2.75. The van der Waals surface area contributed by atoms with Gasteiger partial charge >= 0.3 is 0 Å². The summed E-state index contributed by atoms with van der Waals surface area (Å²) in [6, 6.07) is 2.65. The monoisotopic (exact) mass is 234 g/mol. The molecule has 1 aromatic heterocycles. The predicted octanol–water partition coefficient (Wildman–Crippen LogP) is 1.79. The minimum Gasteiger partial charge on any atom is -0.351 e. The van der Waals surface area contributed by atoms with Gasteiger partial charge < -0.3 is 10.2 Å². The van der Waals surface area contributed by atoms with E-state index in [0.29, 0.717) is 12.0 Å². The molecule has 0 spiro atoms. The van der Waals surface area contributed by atoms with E-state index < -0.39 is 0 Å². The van der Waals surface area contributed by atoms with Gasteiger partial charge in [0.15, 0.2) is 0 Å². The Bertz CT molecular complexity index is 366. The fraction of sp³-hybridized carbons (Fsp3) is 0.692. The zero-order valence-corrected chi connectivity index (χ0v) is 11.0. The minimum absolute atomic E-state index is 0.503. The number of hydrogen-bond acceptors (Lipinski definition) is 4. The third-order valence-electron chi connectivity index (χ3n) is 3.59. The second-order valence-corrected chi connectivity index (χ2v) is 4.86. The van der Waals surface area contributed by atoms with E-state index in [1.807, 2.05) is 0 Å².